The van der Waals surface area contributed by atoms with Gasteiger partial charge in [0.2, 0.25) is 6.08 Å². The van der Waals surface area contributed by atoms with Crippen molar-refractivity contribution < 1.29 is 59.6 Å². The molecule has 202 valence electrons. The molecule has 2 aliphatic rings. The van der Waals surface area contributed by atoms with Crippen molar-refractivity contribution in [2.75, 3.05) is 0 Å². The van der Waals surface area contributed by atoms with Gasteiger partial charge in [0.25, 0.3) is 12.2 Å². The normalized spacial score (nSPS) is 15.7. The van der Waals surface area contributed by atoms with Crippen LogP contribution in [-0.4, -0.2) is 57.0 Å². The van der Waals surface area contributed by atoms with Crippen LogP contribution in [0, 0.1) is 35.3 Å². The van der Waals surface area contributed by atoms with E-state index in [4.69, 9.17) is 9.79 Å². The van der Waals surface area contributed by atoms with Gasteiger partial charge in [-0.2, -0.15) is 16.8 Å². The number of hydrogen-bond donors (Lipinski definition) is 5. The molecule has 2 aliphatic carbocycles. The Hall–Kier alpha value is -4.02. The summed E-state index contributed by atoms with van der Waals surface area (Å²) in [5, 5.41) is 28.4. The predicted molar refractivity (Wildman–Crippen MR) is 123 cm³/mol. The lowest BCUT2D eigenvalue weighted by molar-refractivity contribution is -0.420. The summed E-state index contributed by atoms with van der Waals surface area (Å²) in [5.74, 6) is -1.29. The average Bonchev–Trinajstić information content (AvgIpc) is 2.80. The lowest BCUT2D eigenvalue weighted by atomic mass is 9.96. The number of aryl methyl sites for hydroxylation is 1. The highest BCUT2D eigenvalue weighted by Crippen LogP contribution is 2.41. The highest BCUT2D eigenvalue weighted by molar-refractivity contribution is 7.90. The first kappa shape index (κ1) is 29.5. The van der Waals surface area contributed by atoms with Gasteiger partial charge in [0.15, 0.2) is 18.2 Å². The molecule has 0 atom stereocenters. The van der Waals surface area contributed by atoms with Crippen LogP contribution in [0.5, 0.6) is 5.75 Å². The first-order valence-electron chi connectivity index (χ1n) is 9.61. The molecule has 0 fully saturated rings. The molecular weight excluding hydrogens is 591 g/mol. The number of aromatic nitrogens is 1. The van der Waals surface area contributed by atoms with Crippen molar-refractivity contribution in [1.29, 1.82) is 0 Å². The van der Waals surface area contributed by atoms with E-state index in [-0.39, 0.29) is 12.0 Å². The third kappa shape index (κ3) is 6.52. The summed E-state index contributed by atoms with van der Waals surface area (Å²) in [7, 11) is -15.7. The average molecular weight is 603 g/mol. The fourth-order valence-electron chi connectivity index (χ4n) is 3.05. The van der Waals surface area contributed by atoms with E-state index < -0.39 is 94.6 Å². The zero-order valence-corrected chi connectivity index (χ0v) is 21.4. The fourth-order valence-corrected chi connectivity index (χ4v) is 4.67. The largest absolute Gasteiger partial charge is 0.505 e. The minimum Gasteiger partial charge on any atom is -0.505 e. The van der Waals surface area contributed by atoms with Crippen LogP contribution in [-0.2, 0) is 35.9 Å². The van der Waals surface area contributed by atoms with Crippen LogP contribution in [0.2, 0.25) is 0 Å². The van der Waals surface area contributed by atoms with E-state index in [1.165, 1.54) is 6.92 Å². The lowest BCUT2D eigenvalue weighted by Crippen LogP contribution is -2.18. The van der Waals surface area contributed by atoms with Crippen molar-refractivity contribution in [2.24, 2.45) is 10.2 Å². The molecule has 0 radical (unpaired) electrons. The van der Waals surface area contributed by atoms with Gasteiger partial charge in [0.05, 0.1) is 17.9 Å². The maximum absolute atomic E-state index is 12.0. The van der Waals surface area contributed by atoms with Gasteiger partial charge in [-0.25, -0.2) is 9.55 Å². The number of carbonyl (C=O) groups is 1. The van der Waals surface area contributed by atoms with Gasteiger partial charge < -0.3 is 14.9 Å². The van der Waals surface area contributed by atoms with Crippen LogP contribution < -0.4 is 0 Å². The molecule has 0 saturated heterocycles. The second-order valence-corrected chi connectivity index (χ2v) is 11.2. The molecule has 0 aromatic carbocycles. The Balaban J connectivity index is 2.25. The summed E-state index contributed by atoms with van der Waals surface area (Å²) in [4.78, 5) is 40.8. The van der Waals surface area contributed by atoms with Gasteiger partial charge in [-0.15, -0.1) is 5.11 Å². The fraction of sp³-hybridized carbons (Fsp3) is 0.111. The van der Waals surface area contributed by atoms with Crippen LogP contribution in [0.25, 0.3) is 0 Å². The molecule has 0 unspecified atom stereocenters. The SMILES string of the molecule is Cc1nc(N=NC2=[C+]C3=C(C=C([N+](=O)[O-])[C+]=C3S(=O)(=O)O)C(S(=O)(=O)O)=[C+]2)c(COP(=O)(O)O)c(C=O)c1O. The monoisotopic (exact) mass is 603 g/mol. The van der Waals surface area contributed by atoms with Gasteiger partial charge in [0, 0.05) is 5.56 Å². The second kappa shape index (κ2) is 10.3. The number of carbonyl (C=O) groups excluding carboxylic acids is 1. The number of aldehydes is 1. The van der Waals surface area contributed by atoms with Crippen LogP contribution in [0.15, 0.2) is 48.7 Å². The number of azo groups is 1. The van der Waals surface area contributed by atoms with E-state index >= 15 is 0 Å². The van der Waals surface area contributed by atoms with Crippen molar-refractivity contribution in [2.45, 2.75) is 13.5 Å². The molecule has 0 amide bonds. The number of phosphoric ester groups is 1. The van der Waals surface area contributed by atoms with Crippen molar-refractivity contribution >= 4 is 40.2 Å². The molecular formula is C18H12N4O14PS2+3. The summed E-state index contributed by atoms with van der Waals surface area (Å²) in [6.45, 7) is 0.182. The molecule has 3 rings (SSSR count). The Kier molecular flexibility index (Phi) is 7.78. The molecule has 21 heteroatoms. The highest BCUT2D eigenvalue weighted by atomic mass is 32.2. The minimum atomic E-state index is -5.30. The smallest absolute Gasteiger partial charge is 0.471 e. The number of nitrogens with zero attached hydrogens (tertiary/aromatic N) is 4. The van der Waals surface area contributed by atoms with E-state index in [1.807, 2.05) is 6.08 Å². The Bertz CT molecular complexity index is 1760. The van der Waals surface area contributed by atoms with Crippen molar-refractivity contribution in [3.05, 3.63) is 83.6 Å². The number of hydrogen-bond acceptors (Lipinski definition) is 13. The summed E-state index contributed by atoms with van der Waals surface area (Å²) < 4.78 is 82.4. The molecule has 5 N–H and O–H groups in total. The maximum Gasteiger partial charge on any atom is 0.471 e. The third-order valence-electron chi connectivity index (χ3n) is 4.66. The summed E-state index contributed by atoms with van der Waals surface area (Å²) in [6, 6.07) is 0. The first-order valence-corrected chi connectivity index (χ1v) is 14.0. The number of allylic oxidation sites excluding steroid dienone is 6. The summed E-state index contributed by atoms with van der Waals surface area (Å²) >= 11 is 0. The van der Waals surface area contributed by atoms with E-state index in [0.29, 0.717) is 6.08 Å². The lowest BCUT2D eigenvalue weighted by Gasteiger charge is -2.11. The third-order valence-corrected chi connectivity index (χ3v) is 6.78. The Morgan fingerprint density at radius 2 is 1.74 bits per heavy atom. The van der Waals surface area contributed by atoms with Crippen LogP contribution >= 0.6 is 7.82 Å². The maximum atomic E-state index is 12.0. The quantitative estimate of drug-likeness (QED) is 0.0498. The molecule has 1 aromatic rings. The Labute approximate surface area is 218 Å². The standard InChI is InChI=1S/C18H9N4O14PS2/c1-8-17(24)13(6-23)14(7-36-37(27,28)29)18(19-8)21-20-9-2-11-12(15(3-9)38(30,31)32)4-10(22(25)26)5-16(11)39(33,34)35/h4,6H,7H2,1H3,(H2-3,20,23,24,27,28,29,30,31,32,33,34,35)/p+3. The summed E-state index contributed by atoms with van der Waals surface area (Å²) in [6.07, 6.45) is 6.58. The molecule has 0 saturated carbocycles. The van der Waals surface area contributed by atoms with E-state index in [1.54, 1.807) is 6.08 Å². The molecule has 0 bridgehead atoms. The van der Waals surface area contributed by atoms with Gasteiger partial charge in [-0.3, -0.25) is 28.5 Å². The molecule has 39 heavy (non-hydrogen) atoms. The number of rotatable bonds is 9. The van der Waals surface area contributed by atoms with Gasteiger partial charge in [-0.1, -0.05) is 5.11 Å². The number of phosphoric acid groups is 1. The zero-order valence-electron chi connectivity index (χ0n) is 18.8. The molecule has 0 spiro atoms. The van der Waals surface area contributed by atoms with E-state index in [9.17, 15) is 50.5 Å². The molecule has 1 heterocycles. The number of nitro groups is 1. The topological polar surface area (TPSA) is 294 Å². The van der Waals surface area contributed by atoms with E-state index in [0.717, 1.165) is 0 Å². The van der Waals surface area contributed by atoms with Crippen LogP contribution in [0.3, 0.4) is 0 Å². The van der Waals surface area contributed by atoms with Crippen LogP contribution in [0.4, 0.5) is 5.82 Å². The minimum absolute atomic E-state index is 0.0905. The van der Waals surface area contributed by atoms with Crippen LogP contribution in [0.1, 0.15) is 21.6 Å². The molecule has 1 aromatic heterocycles. The van der Waals surface area contributed by atoms with Gasteiger partial charge in [0.1, 0.15) is 10.7 Å². The van der Waals surface area contributed by atoms with Gasteiger partial charge in [-0.05, 0) is 6.92 Å². The van der Waals surface area contributed by atoms with Gasteiger partial charge >= 0.3 is 60.4 Å². The Morgan fingerprint density at radius 3 is 2.26 bits per heavy atom. The molecule has 0 aliphatic heterocycles. The number of aromatic hydroxyl groups is 1. The highest BCUT2D eigenvalue weighted by Gasteiger charge is 2.59. The van der Waals surface area contributed by atoms with Crippen molar-refractivity contribution in [3.8, 4) is 5.75 Å². The second-order valence-electron chi connectivity index (χ2n) is 7.25. The van der Waals surface area contributed by atoms with Crippen molar-refractivity contribution in [1.82, 2.24) is 4.98 Å². The van der Waals surface area contributed by atoms with E-state index in [2.05, 4.69) is 25.8 Å². The molecule has 18 nitrogen and oxygen atoms in total. The first-order chi connectivity index (χ1) is 17.8. The Morgan fingerprint density at radius 1 is 1.13 bits per heavy atom. The zero-order chi connectivity index (χ0) is 29.5. The number of pyridine rings is 1. The summed E-state index contributed by atoms with van der Waals surface area (Å²) in [5.41, 5.74) is -4.81. The predicted octanol–water partition coefficient (Wildman–Crippen LogP) is 0.922. The van der Waals surface area contributed by atoms with Crippen molar-refractivity contribution in [3.63, 3.8) is 0 Å².